The number of carbonyl (C=O) groups is 3. The molecule has 8 heteroatoms. The van der Waals surface area contributed by atoms with Crippen LogP contribution in [0, 0.1) is 6.92 Å². The minimum Gasteiger partial charge on any atom is -0.423 e. The molecule has 3 N–H and O–H groups in total. The molecule has 3 rings (SSSR count). The van der Waals surface area contributed by atoms with Crippen molar-refractivity contribution in [2.75, 3.05) is 11.9 Å². The van der Waals surface area contributed by atoms with E-state index in [1.165, 1.54) is 13.0 Å². The number of hydrogen-bond donors (Lipinski definition) is 3. The first-order valence-electron chi connectivity index (χ1n) is 10.8. The van der Waals surface area contributed by atoms with E-state index in [0.717, 1.165) is 10.9 Å². The molecule has 0 unspecified atom stereocenters. The molecule has 0 spiro atoms. The Morgan fingerprint density at radius 3 is 2.48 bits per heavy atom. The summed E-state index contributed by atoms with van der Waals surface area (Å²) in [6.07, 6.45) is 1.69. The van der Waals surface area contributed by atoms with E-state index < -0.39 is 11.7 Å². The lowest BCUT2D eigenvalue weighted by molar-refractivity contribution is -0.119. The zero-order valence-corrected chi connectivity index (χ0v) is 18.6. The van der Waals surface area contributed by atoms with Crippen LogP contribution in [-0.4, -0.2) is 30.3 Å². The topological polar surface area (TPSA) is 118 Å². The zero-order valence-electron chi connectivity index (χ0n) is 18.6. The first-order chi connectivity index (χ1) is 15.8. The van der Waals surface area contributed by atoms with Crippen molar-refractivity contribution in [3.63, 3.8) is 0 Å². The van der Waals surface area contributed by atoms with Gasteiger partial charge < -0.3 is 20.4 Å². The Bertz CT molecular complexity index is 1200. The van der Waals surface area contributed by atoms with E-state index in [9.17, 15) is 19.2 Å². The van der Waals surface area contributed by atoms with Gasteiger partial charge in [0.1, 0.15) is 11.6 Å². The van der Waals surface area contributed by atoms with E-state index in [0.29, 0.717) is 42.6 Å². The maximum Gasteiger partial charge on any atom is 0.336 e. The van der Waals surface area contributed by atoms with E-state index >= 15 is 0 Å². The quantitative estimate of drug-likeness (QED) is 0.343. The number of anilines is 1. The summed E-state index contributed by atoms with van der Waals surface area (Å²) in [5, 5.41) is 9.10. The average molecular weight is 450 g/mol. The minimum atomic E-state index is -0.782. The lowest BCUT2D eigenvalue weighted by Crippen LogP contribution is -2.43. The van der Waals surface area contributed by atoms with E-state index in [1.54, 1.807) is 42.5 Å². The molecule has 1 aromatic heterocycles. The Balaban J connectivity index is 1.73. The van der Waals surface area contributed by atoms with Crippen LogP contribution in [0.15, 0.2) is 63.8 Å². The Morgan fingerprint density at radius 1 is 1.00 bits per heavy atom. The standard InChI is InChI=1S/C25H27N3O5/c1-16-14-23(30)33-22-15-19(11-12-20(16)22)27-25(32)21(10-6-7-13-26-17(2)29)28-24(31)18-8-4-3-5-9-18/h3-5,8-9,11-12,14-15,21H,6-7,10,13H2,1-2H3,(H,26,29)(H,27,32)(H,28,31)/t21-/m0/s1. The summed E-state index contributed by atoms with van der Waals surface area (Å²) in [7, 11) is 0. The fraction of sp³-hybridized carbons (Fsp3) is 0.280. The third kappa shape index (κ3) is 6.77. The molecule has 0 aliphatic rings. The summed E-state index contributed by atoms with van der Waals surface area (Å²) in [5.41, 5.74) is 1.61. The molecule has 0 fully saturated rings. The monoisotopic (exact) mass is 449 g/mol. The smallest absolute Gasteiger partial charge is 0.336 e. The fourth-order valence-electron chi connectivity index (χ4n) is 3.47. The summed E-state index contributed by atoms with van der Waals surface area (Å²) >= 11 is 0. The van der Waals surface area contributed by atoms with Crippen LogP contribution in [0.1, 0.15) is 42.1 Å². The van der Waals surface area contributed by atoms with Crippen LogP contribution in [0.5, 0.6) is 0 Å². The Morgan fingerprint density at radius 2 is 1.76 bits per heavy atom. The number of hydrogen-bond acceptors (Lipinski definition) is 5. The van der Waals surface area contributed by atoms with Crippen molar-refractivity contribution in [2.24, 2.45) is 0 Å². The van der Waals surface area contributed by atoms with Gasteiger partial charge in [0.2, 0.25) is 11.8 Å². The molecular formula is C25H27N3O5. The summed E-state index contributed by atoms with van der Waals surface area (Å²) < 4.78 is 5.25. The second-order valence-corrected chi connectivity index (χ2v) is 7.82. The van der Waals surface area contributed by atoms with Gasteiger partial charge in [-0.3, -0.25) is 14.4 Å². The van der Waals surface area contributed by atoms with Crippen molar-refractivity contribution < 1.29 is 18.8 Å². The molecule has 0 bridgehead atoms. The average Bonchev–Trinajstić information content (AvgIpc) is 2.78. The van der Waals surface area contributed by atoms with Gasteiger partial charge in [0.15, 0.2) is 0 Å². The molecule has 3 amide bonds. The third-order valence-electron chi connectivity index (χ3n) is 5.17. The number of carbonyl (C=O) groups excluding carboxylic acids is 3. The maximum absolute atomic E-state index is 13.0. The van der Waals surface area contributed by atoms with Gasteiger partial charge >= 0.3 is 5.63 Å². The van der Waals surface area contributed by atoms with Gasteiger partial charge in [-0.2, -0.15) is 0 Å². The molecule has 172 valence electrons. The van der Waals surface area contributed by atoms with Crippen molar-refractivity contribution in [2.45, 2.75) is 39.2 Å². The SMILES string of the molecule is CC(=O)NCCCC[C@H](NC(=O)c1ccccc1)C(=O)Nc1ccc2c(C)cc(=O)oc2c1. The number of nitrogens with one attached hydrogen (secondary N) is 3. The van der Waals surface area contributed by atoms with Gasteiger partial charge in [0.25, 0.3) is 5.91 Å². The van der Waals surface area contributed by atoms with Gasteiger partial charge in [-0.25, -0.2) is 4.79 Å². The number of unbranched alkanes of at least 4 members (excludes halogenated alkanes) is 1. The Kier molecular flexibility index (Phi) is 7.96. The molecule has 33 heavy (non-hydrogen) atoms. The van der Waals surface area contributed by atoms with Crippen LogP contribution in [0.2, 0.25) is 0 Å². The lowest BCUT2D eigenvalue weighted by Gasteiger charge is -2.19. The number of fused-ring (bicyclic) bond motifs is 1. The highest BCUT2D eigenvalue weighted by Gasteiger charge is 2.21. The van der Waals surface area contributed by atoms with Crippen LogP contribution < -0.4 is 21.6 Å². The highest BCUT2D eigenvalue weighted by Crippen LogP contribution is 2.21. The highest BCUT2D eigenvalue weighted by atomic mass is 16.4. The van der Waals surface area contributed by atoms with E-state index in [-0.39, 0.29) is 17.7 Å². The number of rotatable bonds is 9. The summed E-state index contributed by atoms with van der Waals surface area (Å²) in [4.78, 5) is 48.4. The second-order valence-electron chi connectivity index (χ2n) is 7.82. The van der Waals surface area contributed by atoms with Crippen molar-refractivity contribution in [3.05, 3.63) is 76.1 Å². The molecule has 0 aliphatic heterocycles. The van der Waals surface area contributed by atoms with Gasteiger partial charge in [-0.05, 0) is 56.0 Å². The first kappa shape index (κ1) is 23.7. The van der Waals surface area contributed by atoms with Crippen LogP contribution in [0.4, 0.5) is 5.69 Å². The van der Waals surface area contributed by atoms with E-state index in [1.807, 2.05) is 13.0 Å². The highest BCUT2D eigenvalue weighted by molar-refractivity contribution is 6.01. The molecule has 8 nitrogen and oxygen atoms in total. The van der Waals surface area contributed by atoms with Crippen LogP contribution in [0.3, 0.4) is 0 Å². The fourth-order valence-corrected chi connectivity index (χ4v) is 3.47. The van der Waals surface area contributed by atoms with Crippen molar-refractivity contribution in [3.8, 4) is 0 Å². The molecule has 2 aromatic carbocycles. The van der Waals surface area contributed by atoms with Gasteiger partial charge in [0.05, 0.1) is 0 Å². The van der Waals surface area contributed by atoms with Gasteiger partial charge in [-0.15, -0.1) is 0 Å². The Labute approximate surface area is 191 Å². The molecule has 1 heterocycles. The maximum atomic E-state index is 13.0. The van der Waals surface area contributed by atoms with E-state index in [4.69, 9.17) is 4.42 Å². The minimum absolute atomic E-state index is 0.111. The number of amides is 3. The third-order valence-corrected chi connectivity index (χ3v) is 5.17. The van der Waals surface area contributed by atoms with Crippen LogP contribution >= 0.6 is 0 Å². The van der Waals surface area contributed by atoms with Gasteiger partial charge in [0, 0.05) is 42.2 Å². The predicted octanol–water partition coefficient (Wildman–Crippen LogP) is 3.14. The molecule has 0 saturated carbocycles. The molecule has 0 aliphatic carbocycles. The predicted molar refractivity (Wildman–Crippen MR) is 126 cm³/mol. The first-order valence-corrected chi connectivity index (χ1v) is 10.8. The lowest BCUT2D eigenvalue weighted by atomic mass is 10.1. The van der Waals surface area contributed by atoms with Crippen molar-refractivity contribution in [1.82, 2.24) is 10.6 Å². The second kappa shape index (κ2) is 11.1. The molecule has 3 aromatic rings. The molecule has 1 atom stereocenters. The van der Waals surface area contributed by atoms with Crippen molar-refractivity contribution >= 4 is 34.4 Å². The van der Waals surface area contributed by atoms with Gasteiger partial charge in [-0.1, -0.05) is 18.2 Å². The van der Waals surface area contributed by atoms with Crippen LogP contribution in [0.25, 0.3) is 11.0 Å². The summed E-state index contributed by atoms with van der Waals surface area (Å²) in [6, 6.07) is 14.4. The molecule has 0 saturated heterocycles. The number of benzene rings is 2. The molecule has 0 radical (unpaired) electrons. The summed E-state index contributed by atoms with van der Waals surface area (Å²) in [5.74, 6) is -0.842. The Hall–Kier alpha value is -3.94. The zero-order chi connectivity index (χ0) is 23.8. The number of aryl methyl sites for hydroxylation is 1. The van der Waals surface area contributed by atoms with E-state index in [2.05, 4.69) is 16.0 Å². The normalized spacial score (nSPS) is 11.6. The summed E-state index contributed by atoms with van der Waals surface area (Å²) in [6.45, 7) is 3.76. The van der Waals surface area contributed by atoms with Crippen molar-refractivity contribution in [1.29, 1.82) is 0 Å². The molecular weight excluding hydrogens is 422 g/mol. The largest absolute Gasteiger partial charge is 0.423 e. The van der Waals surface area contributed by atoms with Crippen LogP contribution in [-0.2, 0) is 9.59 Å².